The van der Waals surface area contributed by atoms with E-state index in [2.05, 4.69) is 0 Å². The highest BCUT2D eigenvalue weighted by atomic mass is 16.5. The smallest absolute Gasteiger partial charge is 0.122 e. The van der Waals surface area contributed by atoms with Crippen molar-refractivity contribution in [3.8, 4) is 5.75 Å². The Morgan fingerprint density at radius 3 is 2.42 bits per heavy atom. The van der Waals surface area contributed by atoms with Crippen LogP contribution in [0.5, 0.6) is 5.75 Å². The molecule has 0 radical (unpaired) electrons. The molecule has 2 heterocycles. The Bertz CT molecular complexity index is 491. The van der Waals surface area contributed by atoms with Crippen molar-refractivity contribution in [2.45, 2.75) is 43.7 Å². The minimum atomic E-state index is -1.04. The average molecular weight is 337 g/mol. The van der Waals surface area contributed by atoms with Crippen molar-refractivity contribution >= 4 is 0 Å². The molecule has 3 rings (SSSR count). The van der Waals surface area contributed by atoms with E-state index in [1.165, 1.54) is 5.56 Å². The van der Waals surface area contributed by atoms with Gasteiger partial charge in [-0.1, -0.05) is 12.1 Å². The zero-order chi connectivity index (χ0) is 16.9. The normalized spacial score (nSPS) is 31.8. The van der Waals surface area contributed by atoms with Gasteiger partial charge in [-0.3, -0.25) is 4.90 Å². The molecule has 2 fully saturated rings. The zero-order valence-corrected chi connectivity index (χ0v) is 13.9. The van der Waals surface area contributed by atoms with Gasteiger partial charge in [-0.15, -0.1) is 0 Å². The Kier molecular flexibility index (Phi) is 6.08. The Morgan fingerprint density at radius 1 is 1.08 bits per heavy atom. The maximum absolute atomic E-state index is 9.73. The Balaban J connectivity index is 1.46. The van der Waals surface area contributed by atoms with Crippen LogP contribution in [-0.4, -0.2) is 77.5 Å². The van der Waals surface area contributed by atoms with Gasteiger partial charge in [0.15, 0.2) is 0 Å². The van der Waals surface area contributed by atoms with E-state index in [1.807, 2.05) is 29.2 Å². The van der Waals surface area contributed by atoms with Crippen LogP contribution >= 0.6 is 0 Å². The summed E-state index contributed by atoms with van der Waals surface area (Å²) in [4.78, 5) is 1.98. The van der Waals surface area contributed by atoms with E-state index in [1.54, 1.807) is 0 Å². The van der Waals surface area contributed by atoms with Crippen LogP contribution in [0.1, 0.15) is 18.4 Å². The fraction of sp³-hybridized carbons (Fsp3) is 0.667. The van der Waals surface area contributed by atoms with Gasteiger partial charge in [0.1, 0.15) is 18.0 Å². The first kappa shape index (κ1) is 17.6. The highest BCUT2D eigenvalue weighted by Crippen LogP contribution is 2.19. The molecule has 3 unspecified atom stereocenters. The maximum atomic E-state index is 9.73. The standard InChI is InChI=1S/C18H27NO5/c20-16-10-19(11-17(21)18(16)22)8-7-13-3-5-14(6-4-13)24-15-2-1-9-23-12-15/h3-6,15-18,20-22H,1-2,7-12H2. The lowest BCUT2D eigenvalue weighted by Crippen LogP contribution is -2.55. The largest absolute Gasteiger partial charge is 0.488 e. The first-order valence-corrected chi connectivity index (χ1v) is 8.72. The third-order valence-corrected chi connectivity index (χ3v) is 4.74. The summed E-state index contributed by atoms with van der Waals surface area (Å²) in [6, 6.07) is 8.05. The number of β-amino-alcohol motifs (C(OH)–C–C–N with tert-alkyl or cyclic N) is 2. The van der Waals surface area contributed by atoms with Crippen molar-refractivity contribution < 1.29 is 24.8 Å². The van der Waals surface area contributed by atoms with Gasteiger partial charge < -0.3 is 24.8 Å². The number of benzene rings is 1. The minimum absolute atomic E-state index is 0.146. The molecule has 2 saturated heterocycles. The predicted molar refractivity (Wildman–Crippen MR) is 89.1 cm³/mol. The number of piperidine rings is 1. The van der Waals surface area contributed by atoms with Gasteiger partial charge in [0, 0.05) is 26.2 Å². The topological polar surface area (TPSA) is 82.4 Å². The summed E-state index contributed by atoms with van der Waals surface area (Å²) in [6.07, 6.45) is 0.235. The van der Waals surface area contributed by atoms with Gasteiger partial charge >= 0.3 is 0 Å². The van der Waals surface area contributed by atoms with Crippen molar-refractivity contribution in [3.63, 3.8) is 0 Å². The summed E-state index contributed by atoms with van der Waals surface area (Å²) >= 11 is 0. The summed E-state index contributed by atoms with van der Waals surface area (Å²) in [5, 5.41) is 29.0. The summed E-state index contributed by atoms with van der Waals surface area (Å²) in [6.45, 7) is 3.00. The molecule has 0 aromatic heterocycles. The molecule has 0 aliphatic carbocycles. The number of likely N-dealkylation sites (tertiary alicyclic amines) is 1. The van der Waals surface area contributed by atoms with Gasteiger partial charge in [-0.05, 0) is 37.0 Å². The second kappa shape index (κ2) is 8.27. The molecule has 3 N–H and O–H groups in total. The molecule has 0 saturated carbocycles. The molecule has 3 atom stereocenters. The van der Waals surface area contributed by atoms with Crippen LogP contribution in [0.3, 0.4) is 0 Å². The van der Waals surface area contributed by atoms with Gasteiger partial charge in [0.05, 0.1) is 18.8 Å². The monoisotopic (exact) mass is 337 g/mol. The highest BCUT2D eigenvalue weighted by molar-refractivity contribution is 5.27. The fourth-order valence-electron chi connectivity index (χ4n) is 3.28. The summed E-state index contributed by atoms with van der Waals surface area (Å²) in [5.41, 5.74) is 1.18. The van der Waals surface area contributed by atoms with E-state index in [9.17, 15) is 15.3 Å². The van der Waals surface area contributed by atoms with Crippen molar-refractivity contribution in [2.24, 2.45) is 0 Å². The molecule has 134 valence electrons. The molecular weight excluding hydrogens is 310 g/mol. The molecule has 2 aliphatic rings. The molecule has 2 aliphatic heterocycles. The average Bonchev–Trinajstić information content (AvgIpc) is 2.60. The molecule has 0 spiro atoms. The first-order chi connectivity index (χ1) is 11.6. The van der Waals surface area contributed by atoms with E-state index in [-0.39, 0.29) is 6.10 Å². The fourth-order valence-corrected chi connectivity index (χ4v) is 3.28. The predicted octanol–water partition coefficient (Wildman–Crippen LogP) is 0.185. The lowest BCUT2D eigenvalue weighted by atomic mass is 10.0. The first-order valence-electron chi connectivity index (χ1n) is 8.72. The summed E-state index contributed by atoms with van der Waals surface area (Å²) in [7, 11) is 0. The number of hydrogen-bond donors (Lipinski definition) is 3. The maximum Gasteiger partial charge on any atom is 0.122 e. The van der Waals surface area contributed by atoms with E-state index >= 15 is 0 Å². The van der Waals surface area contributed by atoms with Crippen molar-refractivity contribution in [3.05, 3.63) is 29.8 Å². The van der Waals surface area contributed by atoms with Crippen LogP contribution in [0.4, 0.5) is 0 Å². The van der Waals surface area contributed by atoms with E-state index in [0.717, 1.165) is 38.2 Å². The molecule has 0 amide bonds. The van der Waals surface area contributed by atoms with Crippen molar-refractivity contribution in [1.82, 2.24) is 4.90 Å². The molecule has 6 heteroatoms. The summed E-state index contributed by atoms with van der Waals surface area (Å²) in [5.74, 6) is 0.862. The van der Waals surface area contributed by atoms with Crippen LogP contribution in [0, 0.1) is 0 Å². The zero-order valence-electron chi connectivity index (χ0n) is 13.9. The van der Waals surface area contributed by atoms with Crippen molar-refractivity contribution in [1.29, 1.82) is 0 Å². The molecule has 6 nitrogen and oxygen atoms in total. The second-order valence-corrected chi connectivity index (χ2v) is 6.74. The Morgan fingerprint density at radius 2 is 1.79 bits per heavy atom. The van der Waals surface area contributed by atoms with E-state index in [4.69, 9.17) is 9.47 Å². The van der Waals surface area contributed by atoms with Crippen LogP contribution in [-0.2, 0) is 11.2 Å². The van der Waals surface area contributed by atoms with Crippen LogP contribution < -0.4 is 4.74 Å². The number of aliphatic hydroxyl groups is 3. The van der Waals surface area contributed by atoms with Gasteiger partial charge in [-0.2, -0.15) is 0 Å². The molecule has 1 aromatic carbocycles. The molecule has 0 bridgehead atoms. The highest BCUT2D eigenvalue weighted by Gasteiger charge is 2.32. The quantitative estimate of drug-likeness (QED) is 0.711. The number of aliphatic hydroxyl groups excluding tert-OH is 3. The lowest BCUT2D eigenvalue weighted by Gasteiger charge is -2.36. The number of ether oxygens (including phenoxy) is 2. The van der Waals surface area contributed by atoms with Crippen LogP contribution in [0.15, 0.2) is 24.3 Å². The van der Waals surface area contributed by atoms with Gasteiger partial charge in [0.2, 0.25) is 0 Å². The van der Waals surface area contributed by atoms with Crippen LogP contribution in [0.2, 0.25) is 0 Å². The molecule has 24 heavy (non-hydrogen) atoms. The number of nitrogens with zero attached hydrogens (tertiary/aromatic N) is 1. The lowest BCUT2D eigenvalue weighted by molar-refractivity contribution is -0.109. The van der Waals surface area contributed by atoms with Gasteiger partial charge in [-0.25, -0.2) is 0 Å². The van der Waals surface area contributed by atoms with Crippen molar-refractivity contribution in [2.75, 3.05) is 32.8 Å². The Hall–Kier alpha value is -1.18. The summed E-state index contributed by atoms with van der Waals surface area (Å²) < 4.78 is 11.3. The molecular formula is C18H27NO5. The Labute approximate surface area is 142 Å². The third-order valence-electron chi connectivity index (χ3n) is 4.74. The van der Waals surface area contributed by atoms with Gasteiger partial charge in [0.25, 0.3) is 0 Å². The van der Waals surface area contributed by atoms with Crippen LogP contribution in [0.25, 0.3) is 0 Å². The van der Waals surface area contributed by atoms with E-state index < -0.39 is 18.3 Å². The second-order valence-electron chi connectivity index (χ2n) is 6.74. The molecule has 1 aromatic rings. The van der Waals surface area contributed by atoms with E-state index in [0.29, 0.717) is 19.7 Å². The minimum Gasteiger partial charge on any atom is -0.488 e. The third kappa shape index (κ3) is 4.68. The number of rotatable bonds is 5. The SMILES string of the molecule is OC1CN(CCc2ccc(OC3CCCOC3)cc2)CC(O)C1O. The number of hydrogen-bond acceptors (Lipinski definition) is 6.